The molecular formula is C22H25N3O. The van der Waals surface area contributed by atoms with Crippen LogP contribution in [0.25, 0.3) is 16.9 Å². The summed E-state index contributed by atoms with van der Waals surface area (Å²) in [5.74, 6) is 1.57. The Balaban J connectivity index is 1.64. The number of anilines is 1. The highest BCUT2D eigenvalue weighted by Crippen LogP contribution is 2.31. The van der Waals surface area contributed by atoms with E-state index in [2.05, 4.69) is 5.32 Å². The van der Waals surface area contributed by atoms with Gasteiger partial charge in [0, 0.05) is 18.2 Å². The molecule has 1 aliphatic carbocycles. The molecule has 0 radical (unpaired) electrons. The number of nitrogens with zero attached hydrogens (tertiary/aromatic N) is 2. The molecule has 0 spiro atoms. The number of aromatic nitrogens is 2. The molecule has 1 amide bonds. The molecule has 134 valence electrons. The third kappa shape index (κ3) is 3.36. The molecule has 2 heterocycles. The summed E-state index contributed by atoms with van der Waals surface area (Å²) < 4.78 is 1.99. The van der Waals surface area contributed by atoms with Gasteiger partial charge in [0.1, 0.15) is 17.2 Å². The Labute approximate surface area is 154 Å². The largest absolute Gasteiger partial charge is 0.310 e. The lowest BCUT2D eigenvalue weighted by molar-refractivity contribution is -0.116. The molecule has 1 aromatic carbocycles. The van der Waals surface area contributed by atoms with Crippen molar-refractivity contribution >= 4 is 17.4 Å². The molecule has 1 aliphatic rings. The second kappa shape index (κ2) is 7.32. The van der Waals surface area contributed by atoms with Crippen molar-refractivity contribution in [3.63, 3.8) is 0 Å². The molecule has 2 aromatic heterocycles. The van der Waals surface area contributed by atoms with Crippen molar-refractivity contribution in [3.8, 4) is 11.3 Å². The fraction of sp³-hybridized carbons (Fsp3) is 0.364. The van der Waals surface area contributed by atoms with Crippen molar-refractivity contribution in [2.24, 2.45) is 5.92 Å². The number of imidazole rings is 1. The van der Waals surface area contributed by atoms with E-state index in [4.69, 9.17) is 4.98 Å². The van der Waals surface area contributed by atoms with E-state index in [-0.39, 0.29) is 5.91 Å². The van der Waals surface area contributed by atoms with Gasteiger partial charge >= 0.3 is 0 Å². The number of fused-ring (bicyclic) bond motifs is 1. The lowest BCUT2D eigenvalue weighted by atomic mass is 10.0. The fourth-order valence-electron chi connectivity index (χ4n) is 3.95. The first kappa shape index (κ1) is 16.8. The van der Waals surface area contributed by atoms with Crippen molar-refractivity contribution in [1.82, 2.24) is 9.38 Å². The van der Waals surface area contributed by atoms with Gasteiger partial charge in [-0.2, -0.15) is 0 Å². The van der Waals surface area contributed by atoms with Crippen LogP contribution < -0.4 is 5.32 Å². The minimum atomic E-state index is 0.0809. The molecule has 4 rings (SSSR count). The van der Waals surface area contributed by atoms with Crippen LogP contribution in [0.1, 0.15) is 44.1 Å². The first-order valence-corrected chi connectivity index (χ1v) is 9.55. The van der Waals surface area contributed by atoms with Crippen LogP contribution in [0.3, 0.4) is 0 Å². The summed E-state index contributed by atoms with van der Waals surface area (Å²) in [7, 11) is 0. The summed E-state index contributed by atoms with van der Waals surface area (Å²) in [5.41, 5.74) is 3.82. The minimum Gasteiger partial charge on any atom is -0.310 e. The number of rotatable bonds is 5. The van der Waals surface area contributed by atoms with Gasteiger partial charge in [-0.1, -0.05) is 62.1 Å². The van der Waals surface area contributed by atoms with E-state index in [1.54, 1.807) is 0 Å². The van der Waals surface area contributed by atoms with E-state index in [0.717, 1.165) is 40.6 Å². The number of benzene rings is 1. The van der Waals surface area contributed by atoms with Crippen molar-refractivity contribution < 1.29 is 4.79 Å². The Morgan fingerprint density at radius 3 is 2.69 bits per heavy atom. The van der Waals surface area contributed by atoms with Crippen molar-refractivity contribution in [3.05, 3.63) is 54.2 Å². The number of hydrogen-bond acceptors (Lipinski definition) is 2. The zero-order chi connectivity index (χ0) is 17.9. The molecule has 0 aliphatic heterocycles. The summed E-state index contributed by atoms with van der Waals surface area (Å²) >= 11 is 0. The van der Waals surface area contributed by atoms with Gasteiger partial charge in [-0.25, -0.2) is 4.98 Å². The number of hydrogen-bond donors (Lipinski definition) is 1. The Morgan fingerprint density at radius 2 is 1.92 bits per heavy atom. The van der Waals surface area contributed by atoms with Crippen molar-refractivity contribution in [1.29, 1.82) is 0 Å². The van der Waals surface area contributed by atoms with Crippen LogP contribution in [-0.4, -0.2) is 15.3 Å². The van der Waals surface area contributed by atoms with Crippen LogP contribution in [0, 0.1) is 12.8 Å². The Morgan fingerprint density at radius 1 is 1.15 bits per heavy atom. The second-order valence-corrected chi connectivity index (χ2v) is 7.30. The summed E-state index contributed by atoms with van der Waals surface area (Å²) in [4.78, 5) is 17.4. The third-order valence-electron chi connectivity index (χ3n) is 5.40. The highest BCUT2D eigenvalue weighted by molar-refractivity contribution is 5.94. The quantitative estimate of drug-likeness (QED) is 0.688. The maximum Gasteiger partial charge on any atom is 0.225 e. The van der Waals surface area contributed by atoms with Crippen LogP contribution in [-0.2, 0) is 4.79 Å². The molecule has 0 bridgehead atoms. The molecule has 0 unspecified atom stereocenters. The predicted molar refractivity (Wildman–Crippen MR) is 105 cm³/mol. The lowest BCUT2D eigenvalue weighted by Gasteiger charge is -2.10. The summed E-state index contributed by atoms with van der Waals surface area (Å²) in [5, 5.41) is 3.14. The fourth-order valence-corrected chi connectivity index (χ4v) is 3.95. The Hall–Kier alpha value is -2.62. The molecule has 1 N–H and O–H groups in total. The van der Waals surface area contributed by atoms with E-state index >= 15 is 0 Å². The summed E-state index contributed by atoms with van der Waals surface area (Å²) in [6, 6.07) is 14.1. The lowest BCUT2D eigenvalue weighted by Crippen LogP contribution is -2.14. The maximum atomic E-state index is 12.6. The van der Waals surface area contributed by atoms with Crippen LogP contribution in [0.5, 0.6) is 0 Å². The highest BCUT2D eigenvalue weighted by Gasteiger charge is 2.19. The maximum absolute atomic E-state index is 12.6. The molecule has 26 heavy (non-hydrogen) atoms. The average molecular weight is 347 g/mol. The Bertz CT molecular complexity index is 908. The Kier molecular flexibility index (Phi) is 4.74. The van der Waals surface area contributed by atoms with E-state index < -0.39 is 0 Å². The van der Waals surface area contributed by atoms with Gasteiger partial charge in [0.05, 0.1) is 0 Å². The zero-order valence-electron chi connectivity index (χ0n) is 15.2. The minimum absolute atomic E-state index is 0.0809. The summed E-state index contributed by atoms with van der Waals surface area (Å²) in [6.07, 6.45) is 8.72. The predicted octanol–water partition coefficient (Wildman–Crippen LogP) is 5.22. The van der Waals surface area contributed by atoms with Gasteiger partial charge in [-0.15, -0.1) is 0 Å². The molecule has 1 fully saturated rings. The number of nitrogens with one attached hydrogen (secondary N) is 1. The molecular weight excluding hydrogens is 322 g/mol. The van der Waals surface area contributed by atoms with Gasteiger partial charge in [-0.3, -0.25) is 9.20 Å². The van der Waals surface area contributed by atoms with Crippen LogP contribution in [0.2, 0.25) is 0 Å². The van der Waals surface area contributed by atoms with Crippen molar-refractivity contribution in [2.75, 3.05) is 5.32 Å². The smallest absolute Gasteiger partial charge is 0.225 e. The molecule has 0 atom stereocenters. The van der Waals surface area contributed by atoms with E-state index in [9.17, 15) is 4.79 Å². The normalized spacial score (nSPS) is 14.8. The van der Waals surface area contributed by atoms with E-state index in [0.29, 0.717) is 6.42 Å². The first-order chi connectivity index (χ1) is 12.7. The van der Waals surface area contributed by atoms with Crippen LogP contribution in [0.15, 0.2) is 48.7 Å². The summed E-state index contributed by atoms with van der Waals surface area (Å²) in [6.45, 7) is 2.04. The van der Waals surface area contributed by atoms with Crippen molar-refractivity contribution in [2.45, 2.75) is 45.4 Å². The van der Waals surface area contributed by atoms with Gasteiger partial charge in [0.2, 0.25) is 5.91 Å². The first-order valence-electron chi connectivity index (χ1n) is 9.55. The van der Waals surface area contributed by atoms with E-state index in [1.165, 1.54) is 25.7 Å². The third-order valence-corrected chi connectivity index (χ3v) is 5.40. The monoisotopic (exact) mass is 347 g/mol. The number of carbonyl (C=O) groups is 1. The average Bonchev–Trinajstić information content (AvgIpc) is 3.30. The number of carbonyl (C=O) groups excluding carboxylic acids is 1. The van der Waals surface area contributed by atoms with Gasteiger partial charge < -0.3 is 5.32 Å². The van der Waals surface area contributed by atoms with Crippen LogP contribution >= 0.6 is 0 Å². The van der Waals surface area contributed by atoms with Gasteiger partial charge in [0.25, 0.3) is 0 Å². The molecule has 3 aromatic rings. The van der Waals surface area contributed by atoms with Crippen LogP contribution in [0.4, 0.5) is 5.82 Å². The standard InChI is InChI=1S/C22H25N3O/c1-16-8-7-15-25-21(16)24-20(18-11-3-2-4-12-18)22(25)23-19(26)14-13-17-9-5-6-10-17/h2-4,7-8,11-12,15,17H,5-6,9-10,13-14H2,1H3,(H,23,26). The van der Waals surface area contributed by atoms with Gasteiger partial charge in [-0.05, 0) is 30.9 Å². The number of aryl methyl sites for hydroxylation is 1. The second-order valence-electron chi connectivity index (χ2n) is 7.30. The molecule has 4 nitrogen and oxygen atoms in total. The SMILES string of the molecule is Cc1cccn2c(NC(=O)CCC3CCCC3)c(-c3ccccc3)nc12. The highest BCUT2D eigenvalue weighted by atomic mass is 16.1. The molecule has 4 heteroatoms. The number of amides is 1. The topological polar surface area (TPSA) is 46.4 Å². The molecule has 0 saturated heterocycles. The number of pyridine rings is 1. The van der Waals surface area contributed by atoms with E-state index in [1.807, 2.05) is 60.0 Å². The molecule has 1 saturated carbocycles. The zero-order valence-corrected chi connectivity index (χ0v) is 15.2. The van der Waals surface area contributed by atoms with Gasteiger partial charge in [0.15, 0.2) is 0 Å².